The largest absolute Gasteiger partial charge is 0.0651 e. The Bertz CT molecular complexity index is 105. The van der Waals surface area contributed by atoms with Gasteiger partial charge in [0.1, 0.15) is 0 Å². The molecule has 0 fully saturated rings. The standard InChI is InChI=1S/C12H25/c1-7-10(5)12(8-2)11(6)9(3)4/h9-12H,3,7-8H2,1-2,4-6H3. The van der Waals surface area contributed by atoms with Crippen LogP contribution in [0, 0.1) is 30.6 Å². The minimum Gasteiger partial charge on any atom is -0.0651 e. The fourth-order valence-electron chi connectivity index (χ4n) is 2.02. The molecule has 12 heavy (non-hydrogen) atoms. The van der Waals surface area contributed by atoms with Crippen LogP contribution in [-0.4, -0.2) is 0 Å². The van der Waals surface area contributed by atoms with Gasteiger partial charge in [-0.1, -0.05) is 54.4 Å². The van der Waals surface area contributed by atoms with Gasteiger partial charge in [-0.25, -0.2) is 0 Å². The lowest BCUT2D eigenvalue weighted by Crippen LogP contribution is -2.22. The Balaban J connectivity index is 4.13. The van der Waals surface area contributed by atoms with Crippen LogP contribution in [0.15, 0.2) is 0 Å². The average Bonchev–Trinajstić information content (AvgIpc) is 2.05. The van der Waals surface area contributed by atoms with Crippen LogP contribution in [0.5, 0.6) is 0 Å². The molecular formula is C12H25. The molecule has 0 bridgehead atoms. The molecule has 1 radical (unpaired) electrons. The summed E-state index contributed by atoms with van der Waals surface area (Å²) in [5, 5.41) is 0. The third-order valence-corrected chi connectivity index (χ3v) is 3.42. The predicted molar refractivity (Wildman–Crippen MR) is 56.9 cm³/mol. The van der Waals surface area contributed by atoms with Crippen molar-refractivity contribution in [3.05, 3.63) is 6.92 Å². The van der Waals surface area contributed by atoms with Crippen LogP contribution in [-0.2, 0) is 0 Å². The Morgan fingerprint density at radius 2 is 1.50 bits per heavy atom. The Labute approximate surface area is 78.8 Å². The lowest BCUT2D eigenvalue weighted by atomic mass is 9.75. The summed E-state index contributed by atoms with van der Waals surface area (Å²) in [7, 11) is 0. The summed E-state index contributed by atoms with van der Waals surface area (Å²) >= 11 is 0. The first-order chi connectivity index (χ1) is 5.54. The average molecular weight is 169 g/mol. The Morgan fingerprint density at radius 3 is 1.75 bits per heavy atom. The van der Waals surface area contributed by atoms with Crippen molar-refractivity contribution in [2.75, 3.05) is 0 Å². The minimum absolute atomic E-state index is 0.587. The van der Waals surface area contributed by atoms with E-state index in [4.69, 9.17) is 0 Å². The zero-order chi connectivity index (χ0) is 9.72. The van der Waals surface area contributed by atoms with E-state index in [0.717, 1.165) is 17.8 Å². The molecule has 73 valence electrons. The molecule has 0 heterocycles. The normalized spacial score (nSPS) is 19.2. The lowest BCUT2D eigenvalue weighted by molar-refractivity contribution is 0.205. The van der Waals surface area contributed by atoms with Crippen molar-refractivity contribution in [1.82, 2.24) is 0 Å². The van der Waals surface area contributed by atoms with E-state index in [1.54, 1.807) is 0 Å². The van der Waals surface area contributed by atoms with Crippen LogP contribution < -0.4 is 0 Å². The monoisotopic (exact) mass is 169 g/mol. The summed E-state index contributed by atoms with van der Waals surface area (Å²) in [6, 6.07) is 0. The maximum Gasteiger partial charge on any atom is -0.0363 e. The molecule has 0 aliphatic heterocycles. The van der Waals surface area contributed by atoms with Gasteiger partial charge >= 0.3 is 0 Å². The molecule has 0 saturated carbocycles. The van der Waals surface area contributed by atoms with Gasteiger partial charge < -0.3 is 0 Å². The zero-order valence-corrected chi connectivity index (χ0v) is 9.43. The highest BCUT2D eigenvalue weighted by Gasteiger charge is 2.22. The first-order valence-electron chi connectivity index (χ1n) is 5.37. The smallest absolute Gasteiger partial charge is 0.0363 e. The van der Waals surface area contributed by atoms with Crippen molar-refractivity contribution in [1.29, 1.82) is 0 Å². The molecule has 4 unspecified atom stereocenters. The molecule has 0 aliphatic rings. The van der Waals surface area contributed by atoms with Crippen molar-refractivity contribution < 1.29 is 0 Å². The predicted octanol–water partition coefficient (Wildman–Crippen LogP) is 4.16. The fraction of sp³-hybridized carbons (Fsp3) is 0.917. The highest BCUT2D eigenvalue weighted by Crippen LogP contribution is 2.30. The molecule has 0 nitrogen and oxygen atoms in total. The maximum atomic E-state index is 4.12. The van der Waals surface area contributed by atoms with Gasteiger partial charge in [0.2, 0.25) is 0 Å². The molecule has 0 rings (SSSR count). The quantitative estimate of drug-likeness (QED) is 0.579. The molecule has 0 amide bonds. The first-order valence-corrected chi connectivity index (χ1v) is 5.37. The van der Waals surface area contributed by atoms with Crippen LogP contribution in [0.3, 0.4) is 0 Å². The van der Waals surface area contributed by atoms with E-state index >= 15 is 0 Å². The summed E-state index contributed by atoms with van der Waals surface area (Å²) in [6.07, 6.45) is 2.60. The van der Waals surface area contributed by atoms with Gasteiger partial charge in [-0.15, -0.1) is 0 Å². The molecule has 0 aromatic rings. The van der Waals surface area contributed by atoms with Gasteiger partial charge in [-0.05, 0) is 23.7 Å². The summed E-state index contributed by atoms with van der Waals surface area (Å²) in [5.41, 5.74) is 0. The number of hydrogen-bond donors (Lipinski definition) is 0. The molecule has 0 N–H and O–H groups in total. The molecule has 0 aromatic heterocycles. The highest BCUT2D eigenvalue weighted by molar-refractivity contribution is 4.75. The van der Waals surface area contributed by atoms with Crippen molar-refractivity contribution in [3.63, 3.8) is 0 Å². The van der Waals surface area contributed by atoms with E-state index in [9.17, 15) is 0 Å². The Kier molecular flexibility index (Phi) is 5.61. The van der Waals surface area contributed by atoms with Crippen LogP contribution in [0.4, 0.5) is 0 Å². The second-order valence-electron chi connectivity index (χ2n) is 4.29. The molecule has 0 saturated heterocycles. The van der Waals surface area contributed by atoms with E-state index in [-0.39, 0.29) is 0 Å². The number of hydrogen-bond acceptors (Lipinski definition) is 0. The van der Waals surface area contributed by atoms with Crippen LogP contribution >= 0.6 is 0 Å². The molecular weight excluding hydrogens is 144 g/mol. The summed E-state index contributed by atoms with van der Waals surface area (Å²) < 4.78 is 0. The molecule has 0 aromatic carbocycles. The van der Waals surface area contributed by atoms with E-state index in [1.807, 2.05) is 0 Å². The third kappa shape index (κ3) is 3.16. The van der Waals surface area contributed by atoms with E-state index in [1.165, 1.54) is 12.8 Å². The van der Waals surface area contributed by atoms with Crippen molar-refractivity contribution in [2.24, 2.45) is 23.7 Å². The van der Waals surface area contributed by atoms with Gasteiger partial charge in [0.25, 0.3) is 0 Å². The molecule has 4 atom stereocenters. The maximum absolute atomic E-state index is 4.12. The van der Waals surface area contributed by atoms with E-state index in [2.05, 4.69) is 41.5 Å². The Hall–Kier alpha value is 0. The Morgan fingerprint density at radius 1 is 1.00 bits per heavy atom. The SMILES string of the molecule is [CH2]C(C)C(C)C(CC)C(C)CC. The van der Waals surface area contributed by atoms with Crippen molar-refractivity contribution >= 4 is 0 Å². The van der Waals surface area contributed by atoms with Gasteiger partial charge in [0.15, 0.2) is 0 Å². The van der Waals surface area contributed by atoms with Crippen molar-refractivity contribution in [3.8, 4) is 0 Å². The fourth-order valence-corrected chi connectivity index (χ4v) is 2.02. The zero-order valence-electron chi connectivity index (χ0n) is 9.43. The summed E-state index contributed by atoms with van der Waals surface area (Å²) in [5.74, 6) is 3.07. The van der Waals surface area contributed by atoms with Crippen molar-refractivity contribution in [2.45, 2.75) is 47.5 Å². The van der Waals surface area contributed by atoms with Gasteiger partial charge in [0, 0.05) is 0 Å². The van der Waals surface area contributed by atoms with Gasteiger partial charge in [0.05, 0.1) is 0 Å². The van der Waals surface area contributed by atoms with E-state index in [0.29, 0.717) is 5.92 Å². The molecule has 0 spiro atoms. The first kappa shape index (κ1) is 12.0. The van der Waals surface area contributed by atoms with Gasteiger partial charge in [-0.3, -0.25) is 0 Å². The van der Waals surface area contributed by atoms with Crippen LogP contribution in [0.25, 0.3) is 0 Å². The summed E-state index contributed by atoms with van der Waals surface area (Å²) in [6.45, 7) is 15.7. The second-order valence-corrected chi connectivity index (χ2v) is 4.29. The minimum atomic E-state index is 0.587. The van der Waals surface area contributed by atoms with Gasteiger partial charge in [-0.2, -0.15) is 0 Å². The second kappa shape index (κ2) is 5.61. The van der Waals surface area contributed by atoms with Crippen LogP contribution in [0.1, 0.15) is 47.5 Å². The van der Waals surface area contributed by atoms with Crippen LogP contribution in [0.2, 0.25) is 0 Å². The third-order valence-electron chi connectivity index (χ3n) is 3.42. The lowest BCUT2D eigenvalue weighted by Gasteiger charge is -2.30. The molecule has 0 heteroatoms. The van der Waals surface area contributed by atoms with E-state index < -0.39 is 0 Å². The topological polar surface area (TPSA) is 0 Å². The molecule has 0 aliphatic carbocycles. The highest BCUT2D eigenvalue weighted by atomic mass is 14.3. The number of rotatable bonds is 5. The summed E-state index contributed by atoms with van der Waals surface area (Å²) in [4.78, 5) is 0.